The second-order valence-corrected chi connectivity index (χ2v) is 7.25. The summed E-state index contributed by atoms with van der Waals surface area (Å²) in [5.74, 6) is -1.05. The van der Waals surface area contributed by atoms with Gasteiger partial charge >= 0.3 is 0 Å². The highest BCUT2D eigenvalue weighted by Crippen LogP contribution is 2.37. The first-order valence-electron chi connectivity index (χ1n) is 8.48. The highest BCUT2D eigenvalue weighted by atomic mass is 15.3. The summed E-state index contributed by atoms with van der Waals surface area (Å²) in [6.45, 7) is 0. The molecule has 0 aliphatic carbocycles. The molecule has 1 unspecified atom stereocenters. The number of rotatable bonds is 2. The fourth-order valence-electron chi connectivity index (χ4n) is 3.42. The van der Waals surface area contributed by atoms with E-state index in [4.69, 9.17) is 54.9 Å². The molecule has 3 aromatic heterocycles. The third-order valence-corrected chi connectivity index (χ3v) is 5.05. The predicted molar refractivity (Wildman–Crippen MR) is 115 cm³/mol. The summed E-state index contributed by atoms with van der Waals surface area (Å²) in [6, 6.07) is 3.76. The van der Waals surface area contributed by atoms with Crippen LogP contribution in [0.2, 0.25) is 0 Å². The van der Waals surface area contributed by atoms with Gasteiger partial charge in [-0.2, -0.15) is 10.2 Å². The van der Waals surface area contributed by atoms with Gasteiger partial charge in [0, 0.05) is 30.6 Å². The lowest BCUT2D eigenvalue weighted by molar-refractivity contribution is 0.373. The summed E-state index contributed by atoms with van der Waals surface area (Å²) in [6.07, 6.45) is 7.05. The van der Waals surface area contributed by atoms with Gasteiger partial charge in [-0.3, -0.25) is 4.68 Å². The zero-order chi connectivity index (χ0) is 20.5. The minimum atomic E-state index is -1.84. The maximum absolute atomic E-state index is 6.27. The number of pyridine rings is 1. The molecule has 122 valence electrons. The van der Waals surface area contributed by atoms with Crippen LogP contribution in [0.4, 0.5) is 5.69 Å². The van der Waals surface area contributed by atoms with Gasteiger partial charge in [-0.15, -0.1) is 0 Å². The number of aromatic nitrogens is 4. The Morgan fingerprint density at radius 3 is 2.32 bits per heavy atom. The van der Waals surface area contributed by atoms with Gasteiger partial charge in [0.2, 0.25) is 0 Å². The molecular weight excluding hydrogens is 340 g/mol. The maximum Gasteiger partial charge on any atom is 0.0993 e. The van der Waals surface area contributed by atoms with E-state index in [2.05, 4.69) is 15.5 Å². The molecule has 1 aliphatic heterocycles. The van der Waals surface area contributed by atoms with Crippen LogP contribution in [-0.4, -0.2) is 96.3 Å². The molecule has 4 heterocycles. The molecule has 1 fully saturated rings. The van der Waals surface area contributed by atoms with Gasteiger partial charge in [-0.1, -0.05) is 11.4 Å². The average molecular weight is 351 g/mol. The van der Waals surface area contributed by atoms with E-state index in [1.165, 1.54) is 4.90 Å². The first-order chi connectivity index (χ1) is 12.9. The van der Waals surface area contributed by atoms with Gasteiger partial charge in [-0.05, 0) is 22.7 Å². The lowest BCUT2D eigenvalue weighted by Gasteiger charge is -2.66. The van der Waals surface area contributed by atoms with E-state index in [0.29, 0.717) is 11.2 Å². The van der Waals surface area contributed by atoms with Crippen molar-refractivity contribution < 1.29 is 0 Å². The van der Waals surface area contributed by atoms with Gasteiger partial charge in [-0.25, -0.2) is 4.52 Å². The van der Waals surface area contributed by atoms with Crippen LogP contribution in [0.15, 0.2) is 36.9 Å². The number of nitrogens with zero attached hydrogens (tertiary/aromatic N) is 5. The third-order valence-electron chi connectivity index (χ3n) is 5.05. The van der Waals surface area contributed by atoms with E-state index in [1.807, 2.05) is 31.6 Å². The van der Waals surface area contributed by atoms with Crippen LogP contribution in [0.3, 0.4) is 0 Å². The quantitative estimate of drug-likeness (QED) is 0.524. The molecule has 14 radical (unpaired) electrons. The molecule has 1 N–H and O–H groups in total. The molecule has 6 nitrogen and oxygen atoms in total. The van der Waals surface area contributed by atoms with Crippen LogP contribution in [0.1, 0.15) is 0 Å². The number of piperazine rings is 1. The van der Waals surface area contributed by atoms with Crippen molar-refractivity contribution in [3.05, 3.63) is 36.9 Å². The van der Waals surface area contributed by atoms with E-state index in [9.17, 15) is 0 Å². The fraction of sp³-hybridized carbons (Fsp3) is 0.333. The van der Waals surface area contributed by atoms with Gasteiger partial charge in [0.1, 0.15) is 0 Å². The Labute approximate surface area is 173 Å². The van der Waals surface area contributed by atoms with Gasteiger partial charge in [0.15, 0.2) is 0 Å². The van der Waals surface area contributed by atoms with Gasteiger partial charge in [0.05, 0.1) is 78.5 Å². The zero-order valence-corrected chi connectivity index (χ0v) is 15.3. The maximum atomic E-state index is 6.27. The van der Waals surface area contributed by atoms with Crippen LogP contribution in [-0.2, 0) is 7.05 Å². The number of hydrogen-bond donors (Lipinski definition) is 1. The number of hydrogen-bond acceptors (Lipinski definition) is 4. The molecule has 1 atom stereocenters. The second-order valence-electron chi connectivity index (χ2n) is 7.25. The highest BCUT2D eigenvalue weighted by Gasteiger charge is 2.51. The Morgan fingerprint density at radius 1 is 0.964 bits per heavy atom. The number of aryl methyl sites for hydroxylation is 1. The minimum absolute atomic E-state index is 0.484. The van der Waals surface area contributed by atoms with Crippen LogP contribution >= 0.6 is 0 Å². The molecule has 0 bridgehead atoms. The first-order valence-corrected chi connectivity index (χ1v) is 8.48. The molecule has 0 saturated carbocycles. The molecule has 13 heteroatoms. The lowest BCUT2D eigenvalue weighted by Crippen LogP contribution is -2.87. The summed E-state index contributed by atoms with van der Waals surface area (Å²) in [5.41, 5.74) is 3.01. The van der Waals surface area contributed by atoms with Crippen molar-refractivity contribution in [3.8, 4) is 11.1 Å². The summed E-state index contributed by atoms with van der Waals surface area (Å²) in [5, 5.41) is 5.85. The van der Waals surface area contributed by atoms with Crippen LogP contribution in [0.25, 0.3) is 16.6 Å². The van der Waals surface area contributed by atoms with Crippen molar-refractivity contribution in [2.45, 2.75) is 22.0 Å². The summed E-state index contributed by atoms with van der Waals surface area (Å²) in [7, 11) is 44.9. The van der Waals surface area contributed by atoms with Crippen molar-refractivity contribution >= 4 is 66.1 Å². The summed E-state index contributed by atoms with van der Waals surface area (Å²) < 4.78 is 3.38. The topological polar surface area (TPSA) is 50.4 Å². The Kier molecular flexibility index (Phi) is 4.20. The third kappa shape index (κ3) is 2.78. The lowest BCUT2D eigenvalue weighted by atomic mass is 9.32. The Balaban J connectivity index is 1.83. The predicted octanol–water partition coefficient (Wildman–Crippen LogP) is -2.39. The first kappa shape index (κ1) is 19.4. The number of fused-ring (bicyclic) bond motifs is 1. The molecule has 0 spiro atoms. The van der Waals surface area contributed by atoms with Crippen LogP contribution in [0, 0.1) is 0 Å². The van der Waals surface area contributed by atoms with E-state index in [-0.39, 0.29) is 0 Å². The Bertz CT molecular complexity index is 1040. The standard InChI is InChI=1S/C15H11B7N6/c1-26-6-9(4-23-26)8-2-3-10-11(5-24-27(10)7-8)28-12(16)13(17,18)25-14(19,20)15(28,21)22/h2-7,12,25H,1H3. The van der Waals surface area contributed by atoms with Crippen molar-refractivity contribution in [1.29, 1.82) is 0 Å². The molecule has 1 saturated heterocycles. The average Bonchev–Trinajstić information content (AvgIpc) is 3.19. The molecule has 4 rings (SSSR count). The fourth-order valence-corrected chi connectivity index (χ4v) is 3.42. The Hall–Kier alpha value is -1.89. The summed E-state index contributed by atoms with van der Waals surface area (Å²) >= 11 is 0. The van der Waals surface area contributed by atoms with Crippen molar-refractivity contribution in [3.63, 3.8) is 0 Å². The van der Waals surface area contributed by atoms with E-state index in [1.54, 1.807) is 21.6 Å². The normalized spacial score (nSPS) is 23.0. The largest absolute Gasteiger partial charge is 0.386 e. The SMILES string of the molecule is [B]C1N(c2cnn3cc(-c4cnn(C)c4)ccc23)C([B])([B])C([B])([B])NC1([B])[B]. The van der Waals surface area contributed by atoms with E-state index < -0.39 is 22.0 Å². The minimum Gasteiger partial charge on any atom is -0.386 e. The zero-order valence-electron chi connectivity index (χ0n) is 15.3. The second kappa shape index (κ2) is 6.05. The number of anilines is 1. The van der Waals surface area contributed by atoms with Crippen molar-refractivity contribution in [1.82, 2.24) is 24.7 Å². The van der Waals surface area contributed by atoms with Crippen LogP contribution in [0.5, 0.6) is 0 Å². The number of nitrogens with one attached hydrogen (secondary N) is 1. The van der Waals surface area contributed by atoms with E-state index >= 15 is 0 Å². The molecule has 28 heavy (non-hydrogen) atoms. The molecular formula is C15H11B7N6. The highest BCUT2D eigenvalue weighted by molar-refractivity contribution is 6.58. The van der Waals surface area contributed by atoms with Gasteiger partial charge in [0.25, 0.3) is 0 Å². The monoisotopic (exact) mass is 352 g/mol. The van der Waals surface area contributed by atoms with Crippen molar-refractivity contribution in [2.75, 3.05) is 4.90 Å². The molecule has 0 aromatic carbocycles. The molecule has 3 aromatic rings. The molecule has 0 amide bonds. The summed E-state index contributed by atoms with van der Waals surface area (Å²) in [4.78, 5) is 1.38. The van der Waals surface area contributed by atoms with Gasteiger partial charge < -0.3 is 10.2 Å². The smallest absolute Gasteiger partial charge is 0.0993 e. The van der Waals surface area contributed by atoms with Crippen molar-refractivity contribution in [2.24, 2.45) is 7.05 Å². The van der Waals surface area contributed by atoms with Crippen LogP contribution < -0.4 is 10.2 Å². The molecule has 1 aliphatic rings. The van der Waals surface area contributed by atoms with E-state index in [0.717, 1.165) is 11.1 Å². The Morgan fingerprint density at radius 2 is 1.68 bits per heavy atom.